The molecule has 0 unspecified atom stereocenters. The minimum Gasteiger partial charge on any atom is -0.376 e. The van der Waals surface area contributed by atoms with E-state index in [4.69, 9.17) is 4.74 Å². The van der Waals surface area contributed by atoms with Crippen LogP contribution in [-0.4, -0.2) is 68.5 Å². The third kappa shape index (κ3) is 2.96. The molecule has 0 aromatic carbocycles. The van der Waals surface area contributed by atoms with Crippen molar-refractivity contribution in [3.05, 3.63) is 24.4 Å². The topological polar surface area (TPSA) is 74.8 Å². The van der Waals surface area contributed by atoms with E-state index < -0.39 is 10.2 Å². The second kappa shape index (κ2) is 6.11. The summed E-state index contributed by atoms with van der Waals surface area (Å²) in [6.45, 7) is 2.39. The van der Waals surface area contributed by atoms with Crippen molar-refractivity contribution in [2.24, 2.45) is 11.8 Å². The number of nitrogens with one attached hydrogen (secondary N) is 1. The van der Waals surface area contributed by atoms with Gasteiger partial charge in [-0.05, 0) is 12.1 Å². The zero-order chi connectivity index (χ0) is 15.7. The molecule has 0 saturated carbocycles. The van der Waals surface area contributed by atoms with E-state index >= 15 is 0 Å². The molecule has 2 fully saturated rings. The lowest BCUT2D eigenvalue weighted by Crippen LogP contribution is -2.40. The summed E-state index contributed by atoms with van der Waals surface area (Å²) in [6.07, 6.45) is 1.75. The van der Waals surface area contributed by atoms with Crippen LogP contribution >= 0.6 is 0 Å². The van der Waals surface area contributed by atoms with Crippen molar-refractivity contribution >= 4 is 16.0 Å². The van der Waals surface area contributed by atoms with E-state index in [1.165, 1.54) is 8.61 Å². The molecule has 1 aromatic rings. The zero-order valence-electron chi connectivity index (χ0n) is 12.8. The van der Waals surface area contributed by atoms with E-state index in [9.17, 15) is 8.42 Å². The number of pyridine rings is 1. The fraction of sp³-hybridized carbons (Fsp3) is 0.643. The van der Waals surface area contributed by atoms with E-state index in [1.54, 1.807) is 20.3 Å². The number of aromatic nitrogens is 1. The Morgan fingerprint density at radius 2 is 2.23 bits per heavy atom. The molecule has 1 aromatic heterocycles. The van der Waals surface area contributed by atoms with Gasteiger partial charge in [-0.1, -0.05) is 6.07 Å². The lowest BCUT2D eigenvalue weighted by Gasteiger charge is -2.22. The van der Waals surface area contributed by atoms with E-state index in [0.717, 1.165) is 12.4 Å². The molecule has 2 saturated heterocycles. The molecule has 8 heteroatoms. The quantitative estimate of drug-likeness (QED) is 0.839. The van der Waals surface area contributed by atoms with Crippen LogP contribution in [-0.2, 0) is 14.9 Å². The molecule has 0 bridgehead atoms. The number of nitrogens with zero attached hydrogens (tertiary/aromatic N) is 3. The van der Waals surface area contributed by atoms with Crippen molar-refractivity contribution in [3.63, 3.8) is 0 Å². The normalized spacial score (nSPS) is 29.0. The minimum absolute atomic E-state index is 0.00487. The third-order valence-electron chi connectivity index (χ3n) is 4.40. The Morgan fingerprint density at radius 3 is 2.91 bits per heavy atom. The fourth-order valence-corrected chi connectivity index (χ4v) is 4.25. The van der Waals surface area contributed by atoms with Crippen molar-refractivity contribution in [1.82, 2.24) is 13.6 Å². The third-order valence-corrected chi connectivity index (χ3v) is 6.28. The van der Waals surface area contributed by atoms with Crippen molar-refractivity contribution in [2.75, 3.05) is 45.7 Å². The lowest BCUT2D eigenvalue weighted by atomic mass is 9.93. The predicted octanol–water partition coefficient (Wildman–Crippen LogP) is 0.247. The molecule has 0 spiro atoms. The van der Waals surface area contributed by atoms with E-state index in [2.05, 4.69) is 10.3 Å². The molecule has 22 heavy (non-hydrogen) atoms. The van der Waals surface area contributed by atoms with Crippen LogP contribution in [0, 0.1) is 11.8 Å². The molecule has 0 amide bonds. The van der Waals surface area contributed by atoms with Gasteiger partial charge in [0.2, 0.25) is 0 Å². The number of ether oxygens (including phenoxy) is 1. The first-order valence-electron chi connectivity index (χ1n) is 7.42. The second-order valence-corrected chi connectivity index (χ2v) is 8.14. The van der Waals surface area contributed by atoms with Crippen molar-refractivity contribution in [3.8, 4) is 0 Å². The van der Waals surface area contributed by atoms with Crippen molar-refractivity contribution < 1.29 is 13.2 Å². The summed E-state index contributed by atoms with van der Waals surface area (Å²) >= 11 is 0. The Balaban J connectivity index is 1.61. The summed E-state index contributed by atoms with van der Waals surface area (Å²) in [5.74, 6) is 1.38. The first-order valence-corrected chi connectivity index (χ1v) is 8.82. The first kappa shape index (κ1) is 15.7. The summed E-state index contributed by atoms with van der Waals surface area (Å²) in [4.78, 5) is 4.24. The van der Waals surface area contributed by atoms with Gasteiger partial charge in [-0.15, -0.1) is 0 Å². The zero-order valence-corrected chi connectivity index (χ0v) is 13.7. The molecule has 2 aliphatic heterocycles. The maximum atomic E-state index is 12.2. The van der Waals surface area contributed by atoms with Crippen molar-refractivity contribution in [2.45, 2.75) is 6.10 Å². The molecule has 0 radical (unpaired) electrons. The standard InChI is InChI=1S/C14H22N4O3S/c1-17(2)22(19,20)18-8-12-11(10-21-13(12)9-18)7-16-14-5-3-4-6-15-14/h3-6,11-13H,7-10H2,1-2H3,(H,15,16)/t11-,12+,13+/m1/s1. The molecule has 122 valence electrons. The van der Waals surface area contributed by atoms with Crippen molar-refractivity contribution in [1.29, 1.82) is 0 Å². The van der Waals surface area contributed by atoms with Gasteiger partial charge in [0, 0.05) is 51.8 Å². The predicted molar refractivity (Wildman–Crippen MR) is 83.6 cm³/mol. The summed E-state index contributed by atoms with van der Waals surface area (Å²) in [5.41, 5.74) is 0. The number of fused-ring (bicyclic) bond motifs is 1. The smallest absolute Gasteiger partial charge is 0.281 e. The molecule has 1 N–H and O–H groups in total. The molecule has 0 aliphatic carbocycles. The van der Waals surface area contributed by atoms with Gasteiger partial charge in [0.1, 0.15) is 5.82 Å². The fourth-order valence-electron chi connectivity index (χ4n) is 3.10. The van der Waals surface area contributed by atoms with E-state index in [0.29, 0.717) is 25.6 Å². The monoisotopic (exact) mass is 326 g/mol. The molecule has 3 heterocycles. The Bertz CT molecular complexity index is 608. The van der Waals surface area contributed by atoms with Gasteiger partial charge >= 0.3 is 0 Å². The minimum atomic E-state index is -3.36. The highest BCUT2D eigenvalue weighted by molar-refractivity contribution is 7.86. The van der Waals surface area contributed by atoms with Crippen LogP contribution in [0.15, 0.2) is 24.4 Å². The number of rotatable bonds is 5. The van der Waals surface area contributed by atoms with Gasteiger partial charge in [0.05, 0.1) is 12.7 Å². The maximum absolute atomic E-state index is 12.2. The molecule has 3 rings (SSSR count). The summed E-state index contributed by atoms with van der Waals surface area (Å²) in [5, 5.41) is 3.31. The van der Waals surface area contributed by atoms with Crippen LogP contribution < -0.4 is 5.32 Å². The van der Waals surface area contributed by atoms with Gasteiger partial charge in [0.25, 0.3) is 10.2 Å². The molecular weight excluding hydrogens is 304 g/mol. The Labute approximate surface area is 131 Å². The Morgan fingerprint density at radius 1 is 1.41 bits per heavy atom. The van der Waals surface area contributed by atoms with Crippen LogP contribution in [0.5, 0.6) is 0 Å². The Hall–Kier alpha value is -1.22. The number of hydrogen-bond acceptors (Lipinski definition) is 5. The molecule has 3 atom stereocenters. The number of hydrogen-bond donors (Lipinski definition) is 1. The Kier molecular flexibility index (Phi) is 4.35. The first-order chi connectivity index (χ1) is 10.5. The highest BCUT2D eigenvalue weighted by atomic mass is 32.2. The van der Waals surface area contributed by atoms with Crippen LogP contribution in [0.4, 0.5) is 5.82 Å². The van der Waals surface area contributed by atoms with Crippen LogP contribution in [0.2, 0.25) is 0 Å². The molecule has 2 aliphatic rings. The summed E-state index contributed by atoms with van der Waals surface area (Å²) in [6, 6.07) is 5.73. The lowest BCUT2D eigenvalue weighted by molar-refractivity contribution is 0.103. The second-order valence-electron chi connectivity index (χ2n) is 6.00. The SMILES string of the molecule is CN(C)S(=O)(=O)N1C[C@H]2[C@H](CNc3ccccn3)CO[C@H]2C1. The van der Waals surface area contributed by atoms with Crippen LogP contribution in [0.3, 0.4) is 0 Å². The van der Waals surface area contributed by atoms with E-state index in [1.807, 2.05) is 18.2 Å². The average Bonchev–Trinajstić information content (AvgIpc) is 3.07. The maximum Gasteiger partial charge on any atom is 0.281 e. The largest absolute Gasteiger partial charge is 0.376 e. The van der Waals surface area contributed by atoms with Crippen LogP contribution in [0.1, 0.15) is 0 Å². The molecular formula is C14H22N4O3S. The highest BCUT2D eigenvalue weighted by Crippen LogP contribution is 2.35. The van der Waals surface area contributed by atoms with Gasteiger partial charge in [0.15, 0.2) is 0 Å². The van der Waals surface area contributed by atoms with Gasteiger partial charge in [-0.3, -0.25) is 0 Å². The van der Waals surface area contributed by atoms with Gasteiger partial charge < -0.3 is 10.1 Å². The molecule has 7 nitrogen and oxygen atoms in total. The van der Waals surface area contributed by atoms with Crippen LogP contribution in [0.25, 0.3) is 0 Å². The number of anilines is 1. The van der Waals surface area contributed by atoms with E-state index in [-0.39, 0.29) is 12.0 Å². The van der Waals surface area contributed by atoms with Gasteiger partial charge in [-0.25, -0.2) is 4.98 Å². The average molecular weight is 326 g/mol. The summed E-state index contributed by atoms with van der Waals surface area (Å²) < 4.78 is 33.0. The highest BCUT2D eigenvalue weighted by Gasteiger charge is 2.47. The summed E-state index contributed by atoms with van der Waals surface area (Å²) in [7, 11) is -0.235. The van der Waals surface area contributed by atoms with Gasteiger partial charge in [-0.2, -0.15) is 17.0 Å².